The van der Waals surface area contributed by atoms with Crippen molar-refractivity contribution in [3.8, 4) is 5.75 Å². The summed E-state index contributed by atoms with van der Waals surface area (Å²) in [6, 6.07) is 5.08. The Kier molecular flexibility index (Phi) is 4.46. The Labute approximate surface area is 113 Å². The van der Waals surface area contributed by atoms with E-state index in [2.05, 4.69) is 15.4 Å². The number of halogens is 3. The van der Waals surface area contributed by atoms with Crippen LogP contribution in [-0.4, -0.2) is 38.1 Å². The number of benzene rings is 1. The van der Waals surface area contributed by atoms with E-state index in [1.807, 2.05) is 0 Å². The number of ether oxygens (including phenoxy) is 2. The van der Waals surface area contributed by atoms with Gasteiger partial charge in [-0.15, -0.1) is 13.2 Å². The summed E-state index contributed by atoms with van der Waals surface area (Å²) in [4.78, 5) is 11.8. The molecule has 5 nitrogen and oxygen atoms in total. The van der Waals surface area contributed by atoms with E-state index in [1.54, 1.807) is 0 Å². The van der Waals surface area contributed by atoms with Gasteiger partial charge < -0.3 is 20.1 Å². The summed E-state index contributed by atoms with van der Waals surface area (Å²) < 4.78 is 45.3. The second-order valence-electron chi connectivity index (χ2n) is 4.13. The molecule has 8 heteroatoms. The molecular formula is C12H13F3N2O3. The van der Waals surface area contributed by atoms with Crippen molar-refractivity contribution in [1.82, 2.24) is 5.32 Å². The lowest BCUT2D eigenvalue weighted by Crippen LogP contribution is -2.45. The van der Waals surface area contributed by atoms with Crippen LogP contribution in [0.2, 0.25) is 0 Å². The van der Waals surface area contributed by atoms with Crippen molar-refractivity contribution in [1.29, 1.82) is 0 Å². The van der Waals surface area contributed by atoms with Crippen LogP contribution in [0.4, 0.5) is 18.9 Å². The third-order valence-corrected chi connectivity index (χ3v) is 2.56. The maximum atomic E-state index is 12.1. The molecule has 0 radical (unpaired) electrons. The quantitative estimate of drug-likeness (QED) is 0.886. The SMILES string of the molecule is O=C(Nc1cccc(OC(F)(F)F)c1)C1CNCCO1. The molecule has 1 saturated heterocycles. The van der Waals surface area contributed by atoms with Crippen LogP contribution in [-0.2, 0) is 9.53 Å². The number of hydrogen-bond donors (Lipinski definition) is 2. The number of rotatable bonds is 3. The Bertz CT molecular complexity index is 473. The van der Waals surface area contributed by atoms with Crippen LogP contribution >= 0.6 is 0 Å². The lowest BCUT2D eigenvalue weighted by molar-refractivity contribution is -0.274. The van der Waals surface area contributed by atoms with Crippen molar-refractivity contribution in [2.24, 2.45) is 0 Å². The fourth-order valence-corrected chi connectivity index (χ4v) is 1.73. The summed E-state index contributed by atoms with van der Waals surface area (Å²) in [7, 11) is 0. The summed E-state index contributed by atoms with van der Waals surface area (Å²) >= 11 is 0. The van der Waals surface area contributed by atoms with Crippen LogP contribution < -0.4 is 15.4 Å². The number of anilines is 1. The monoisotopic (exact) mass is 290 g/mol. The minimum Gasteiger partial charge on any atom is -0.406 e. The van der Waals surface area contributed by atoms with Crippen molar-refractivity contribution >= 4 is 11.6 Å². The molecule has 1 heterocycles. The summed E-state index contributed by atoms with van der Waals surface area (Å²) in [6.07, 6.45) is -5.42. The summed E-state index contributed by atoms with van der Waals surface area (Å²) in [5.41, 5.74) is 0.214. The largest absolute Gasteiger partial charge is 0.573 e. The minimum absolute atomic E-state index is 0.214. The molecular weight excluding hydrogens is 277 g/mol. The Balaban J connectivity index is 1.98. The Hall–Kier alpha value is -1.80. The first-order valence-corrected chi connectivity index (χ1v) is 5.93. The van der Waals surface area contributed by atoms with Crippen molar-refractivity contribution in [3.05, 3.63) is 24.3 Å². The van der Waals surface area contributed by atoms with Crippen LogP contribution in [0.3, 0.4) is 0 Å². The van der Waals surface area contributed by atoms with E-state index in [1.165, 1.54) is 12.1 Å². The van der Waals surface area contributed by atoms with Crippen molar-refractivity contribution in [2.75, 3.05) is 25.0 Å². The Morgan fingerprint density at radius 2 is 2.25 bits per heavy atom. The van der Waals surface area contributed by atoms with Gasteiger partial charge in [0.25, 0.3) is 5.91 Å². The summed E-state index contributed by atoms with van der Waals surface area (Å²) in [5, 5.41) is 5.47. The van der Waals surface area contributed by atoms with E-state index in [-0.39, 0.29) is 5.69 Å². The van der Waals surface area contributed by atoms with Gasteiger partial charge in [-0.1, -0.05) is 6.07 Å². The van der Waals surface area contributed by atoms with Crippen LogP contribution in [0.25, 0.3) is 0 Å². The van der Waals surface area contributed by atoms with Crippen molar-refractivity contribution in [3.63, 3.8) is 0 Å². The third-order valence-electron chi connectivity index (χ3n) is 2.56. The molecule has 1 amide bonds. The van der Waals surface area contributed by atoms with Gasteiger partial charge in [0, 0.05) is 24.8 Å². The van der Waals surface area contributed by atoms with Crippen molar-refractivity contribution < 1.29 is 27.4 Å². The fourth-order valence-electron chi connectivity index (χ4n) is 1.73. The number of nitrogens with one attached hydrogen (secondary N) is 2. The molecule has 1 aromatic rings. The molecule has 0 aromatic heterocycles. The van der Waals surface area contributed by atoms with E-state index < -0.39 is 24.1 Å². The van der Waals surface area contributed by atoms with E-state index >= 15 is 0 Å². The Morgan fingerprint density at radius 1 is 1.45 bits per heavy atom. The average molecular weight is 290 g/mol. The molecule has 1 aromatic carbocycles. The van der Waals surface area contributed by atoms with Crippen LogP contribution in [0.5, 0.6) is 5.75 Å². The summed E-state index contributed by atoms with van der Waals surface area (Å²) in [5.74, 6) is -0.806. The molecule has 1 atom stereocenters. The lowest BCUT2D eigenvalue weighted by Gasteiger charge is -2.22. The zero-order chi connectivity index (χ0) is 14.6. The topological polar surface area (TPSA) is 59.6 Å². The Morgan fingerprint density at radius 3 is 2.90 bits per heavy atom. The van der Waals surface area contributed by atoms with Crippen LogP contribution in [0, 0.1) is 0 Å². The highest BCUT2D eigenvalue weighted by atomic mass is 19.4. The van der Waals surface area contributed by atoms with Crippen LogP contribution in [0.1, 0.15) is 0 Å². The van der Waals surface area contributed by atoms with E-state index in [4.69, 9.17) is 4.74 Å². The number of alkyl halides is 3. The average Bonchev–Trinajstić information content (AvgIpc) is 2.38. The highest BCUT2D eigenvalue weighted by Gasteiger charge is 2.31. The molecule has 0 bridgehead atoms. The maximum Gasteiger partial charge on any atom is 0.573 e. The van der Waals surface area contributed by atoms with Gasteiger partial charge >= 0.3 is 6.36 Å². The molecule has 1 aliphatic rings. The molecule has 110 valence electrons. The van der Waals surface area contributed by atoms with Gasteiger partial charge in [-0.2, -0.15) is 0 Å². The zero-order valence-electron chi connectivity index (χ0n) is 10.4. The molecule has 20 heavy (non-hydrogen) atoms. The predicted octanol–water partition coefficient (Wildman–Crippen LogP) is 1.51. The molecule has 0 spiro atoms. The highest BCUT2D eigenvalue weighted by Crippen LogP contribution is 2.25. The van der Waals surface area contributed by atoms with Gasteiger partial charge in [-0.3, -0.25) is 4.79 Å². The zero-order valence-corrected chi connectivity index (χ0v) is 10.4. The molecule has 1 fully saturated rings. The van der Waals surface area contributed by atoms with Gasteiger partial charge in [0.2, 0.25) is 0 Å². The van der Waals surface area contributed by atoms with Gasteiger partial charge in [-0.05, 0) is 12.1 Å². The number of hydrogen-bond acceptors (Lipinski definition) is 4. The molecule has 1 aliphatic heterocycles. The molecule has 1 unspecified atom stereocenters. The van der Waals surface area contributed by atoms with Crippen molar-refractivity contribution in [2.45, 2.75) is 12.5 Å². The molecule has 0 saturated carbocycles. The molecule has 2 N–H and O–H groups in total. The first kappa shape index (κ1) is 14.6. The number of carbonyl (C=O) groups excluding carboxylic acids is 1. The number of morpholine rings is 1. The van der Waals surface area contributed by atoms with Gasteiger partial charge in [0.15, 0.2) is 0 Å². The normalized spacial score (nSPS) is 19.4. The van der Waals surface area contributed by atoms with E-state index in [9.17, 15) is 18.0 Å². The third kappa shape index (κ3) is 4.39. The van der Waals surface area contributed by atoms with Crippen LogP contribution in [0.15, 0.2) is 24.3 Å². The highest BCUT2D eigenvalue weighted by molar-refractivity contribution is 5.94. The maximum absolute atomic E-state index is 12.1. The standard InChI is InChI=1S/C12H13F3N2O3/c13-12(14,15)20-9-3-1-2-8(6-9)17-11(18)10-7-16-4-5-19-10/h1-3,6,10,16H,4-5,7H2,(H,17,18). The minimum atomic E-state index is -4.76. The summed E-state index contributed by atoms with van der Waals surface area (Å²) in [6.45, 7) is 1.44. The van der Waals surface area contributed by atoms with Gasteiger partial charge in [0.05, 0.1) is 6.61 Å². The predicted molar refractivity (Wildman–Crippen MR) is 64.4 cm³/mol. The van der Waals surface area contributed by atoms with Gasteiger partial charge in [0.1, 0.15) is 11.9 Å². The fraction of sp³-hybridized carbons (Fsp3) is 0.417. The van der Waals surface area contributed by atoms with E-state index in [0.29, 0.717) is 19.7 Å². The first-order valence-electron chi connectivity index (χ1n) is 5.93. The second kappa shape index (κ2) is 6.10. The number of carbonyl (C=O) groups is 1. The second-order valence-corrected chi connectivity index (χ2v) is 4.13. The molecule has 2 rings (SSSR count). The van der Waals surface area contributed by atoms with Gasteiger partial charge in [-0.25, -0.2) is 0 Å². The smallest absolute Gasteiger partial charge is 0.406 e. The molecule has 0 aliphatic carbocycles. The number of amides is 1. The lowest BCUT2D eigenvalue weighted by atomic mass is 10.2. The van der Waals surface area contributed by atoms with E-state index in [0.717, 1.165) is 12.1 Å². The first-order chi connectivity index (χ1) is 9.44.